The second-order valence-corrected chi connectivity index (χ2v) is 9.75. The predicted octanol–water partition coefficient (Wildman–Crippen LogP) is 5.70. The second kappa shape index (κ2) is 12.1. The lowest BCUT2D eigenvalue weighted by atomic mass is 9.90. The van der Waals surface area contributed by atoms with Gasteiger partial charge in [-0.1, -0.05) is 133 Å². The molecule has 0 aliphatic carbocycles. The molecule has 5 rings (SSSR count). The van der Waals surface area contributed by atoms with Crippen molar-refractivity contribution in [2.75, 3.05) is 5.32 Å². The van der Waals surface area contributed by atoms with Gasteiger partial charge in [0, 0.05) is 12.0 Å². The van der Waals surface area contributed by atoms with E-state index in [1.54, 1.807) is 0 Å². The van der Waals surface area contributed by atoms with E-state index < -0.39 is 12.0 Å². The second-order valence-electron chi connectivity index (χ2n) is 8.77. The van der Waals surface area contributed by atoms with E-state index in [0.29, 0.717) is 16.6 Å². The molecule has 0 spiro atoms. The first-order chi connectivity index (χ1) is 18.7. The minimum absolute atomic E-state index is 0.249. The highest BCUT2D eigenvalue weighted by molar-refractivity contribution is 7.18. The Hall–Kier alpha value is -4.62. The third-order valence-corrected chi connectivity index (χ3v) is 7.01. The minimum atomic E-state index is -0.816. The Labute approximate surface area is 225 Å². The molecule has 2 amide bonds. The van der Waals surface area contributed by atoms with Crippen molar-refractivity contribution in [1.29, 1.82) is 0 Å². The van der Waals surface area contributed by atoms with Gasteiger partial charge in [-0.25, -0.2) is 0 Å². The van der Waals surface area contributed by atoms with E-state index in [2.05, 4.69) is 20.8 Å². The van der Waals surface area contributed by atoms with Gasteiger partial charge in [0.25, 0.3) is 0 Å². The standard InChI is InChI=1S/C31H26N4O2S/c36-28(33-31-35-34-30(38-31)25-19-11-4-12-20-25)26(21-22-13-5-1-6-14-22)32-29(37)27(23-15-7-2-8-16-23)24-17-9-3-10-18-24/h1-20,26-27H,21H2,(H,32,37)(H,33,35,36). The molecule has 0 aliphatic rings. The molecular formula is C31H26N4O2S. The molecule has 6 nitrogen and oxygen atoms in total. The van der Waals surface area contributed by atoms with Crippen LogP contribution in [0, 0.1) is 0 Å². The molecule has 5 aromatic rings. The van der Waals surface area contributed by atoms with Crippen molar-refractivity contribution in [2.24, 2.45) is 0 Å². The lowest BCUT2D eigenvalue weighted by Gasteiger charge is -2.23. The minimum Gasteiger partial charge on any atom is -0.343 e. The van der Waals surface area contributed by atoms with Gasteiger partial charge in [0.05, 0.1) is 5.92 Å². The maximum absolute atomic E-state index is 13.8. The fourth-order valence-corrected chi connectivity index (χ4v) is 5.02. The Kier molecular flexibility index (Phi) is 7.96. The first-order valence-electron chi connectivity index (χ1n) is 12.3. The fourth-order valence-electron chi connectivity index (χ4n) is 4.26. The number of hydrogen-bond donors (Lipinski definition) is 2. The Morgan fingerprint density at radius 2 is 1.18 bits per heavy atom. The molecule has 2 N–H and O–H groups in total. The summed E-state index contributed by atoms with van der Waals surface area (Å²) in [5.41, 5.74) is 3.57. The summed E-state index contributed by atoms with van der Waals surface area (Å²) in [5, 5.41) is 15.4. The molecule has 0 bridgehead atoms. The zero-order chi connectivity index (χ0) is 26.2. The molecule has 0 radical (unpaired) electrons. The van der Waals surface area contributed by atoms with Crippen LogP contribution in [0.2, 0.25) is 0 Å². The Morgan fingerprint density at radius 3 is 1.76 bits per heavy atom. The van der Waals surface area contributed by atoms with Crippen LogP contribution in [0.15, 0.2) is 121 Å². The van der Waals surface area contributed by atoms with Crippen molar-refractivity contribution in [3.8, 4) is 10.6 Å². The Bertz CT molecular complexity index is 1440. The van der Waals surface area contributed by atoms with E-state index in [1.807, 2.05) is 121 Å². The number of nitrogens with one attached hydrogen (secondary N) is 2. The zero-order valence-electron chi connectivity index (χ0n) is 20.5. The third kappa shape index (κ3) is 6.19. The molecule has 1 aromatic heterocycles. The van der Waals surface area contributed by atoms with Gasteiger partial charge in [-0.3, -0.25) is 14.9 Å². The average molecular weight is 519 g/mol. The summed E-state index contributed by atoms with van der Waals surface area (Å²) >= 11 is 1.29. The molecule has 0 saturated heterocycles. The number of amides is 2. The van der Waals surface area contributed by atoms with Gasteiger partial charge in [-0.2, -0.15) is 0 Å². The summed E-state index contributed by atoms with van der Waals surface area (Å²) < 4.78 is 0. The maximum atomic E-state index is 13.8. The SMILES string of the molecule is O=C(Nc1nnc(-c2ccccc2)s1)C(Cc1ccccc1)NC(=O)C(c1ccccc1)c1ccccc1. The molecule has 7 heteroatoms. The van der Waals surface area contributed by atoms with Crippen molar-refractivity contribution in [3.05, 3.63) is 138 Å². The largest absolute Gasteiger partial charge is 0.343 e. The summed E-state index contributed by atoms with van der Waals surface area (Å²) in [5.74, 6) is -1.16. The Balaban J connectivity index is 1.40. The molecule has 188 valence electrons. The van der Waals surface area contributed by atoms with Crippen LogP contribution >= 0.6 is 11.3 Å². The fraction of sp³-hybridized carbons (Fsp3) is 0.0968. The highest BCUT2D eigenvalue weighted by Gasteiger charge is 2.28. The van der Waals surface area contributed by atoms with Gasteiger partial charge in [-0.15, -0.1) is 10.2 Å². The number of nitrogens with zero attached hydrogens (tertiary/aromatic N) is 2. The number of benzene rings is 4. The van der Waals surface area contributed by atoms with Crippen LogP contribution in [-0.2, 0) is 16.0 Å². The molecule has 0 fully saturated rings. The lowest BCUT2D eigenvalue weighted by molar-refractivity contribution is -0.126. The third-order valence-electron chi connectivity index (χ3n) is 6.12. The van der Waals surface area contributed by atoms with E-state index in [4.69, 9.17) is 0 Å². The van der Waals surface area contributed by atoms with Crippen molar-refractivity contribution in [3.63, 3.8) is 0 Å². The van der Waals surface area contributed by atoms with Crippen LogP contribution in [0.4, 0.5) is 5.13 Å². The summed E-state index contributed by atoms with van der Waals surface area (Å²) in [6.45, 7) is 0. The summed E-state index contributed by atoms with van der Waals surface area (Å²) in [6.07, 6.45) is 0.332. The zero-order valence-corrected chi connectivity index (χ0v) is 21.3. The van der Waals surface area contributed by atoms with E-state index in [9.17, 15) is 9.59 Å². The number of anilines is 1. The normalized spacial score (nSPS) is 11.6. The van der Waals surface area contributed by atoms with Crippen LogP contribution in [0.5, 0.6) is 0 Å². The molecule has 1 atom stereocenters. The number of rotatable bonds is 9. The van der Waals surface area contributed by atoms with Gasteiger partial charge >= 0.3 is 0 Å². The van der Waals surface area contributed by atoms with Gasteiger partial charge < -0.3 is 5.32 Å². The van der Waals surface area contributed by atoms with E-state index in [0.717, 1.165) is 22.3 Å². The summed E-state index contributed by atoms with van der Waals surface area (Å²) in [4.78, 5) is 27.3. The summed E-state index contributed by atoms with van der Waals surface area (Å²) in [6, 6.07) is 37.7. The number of carbonyl (C=O) groups is 2. The van der Waals surface area contributed by atoms with Crippen molar-refractivity contribution < 1.29 is 9.59 Å². The molecule has 4 aromatic carbocycles. The average Bonchev–Trinajstić information content (AvgIpc) is 3.43. The van der Waals surface area contributed by atoms with Crippen LogP contribution < -0.4 is 10.6 Å². The van der Waals surface area contributed by atoms with Crippen LogP contribution in [0.25, 0.3) is 10.6 Å². The van der Waals surface area contributed by atoms with Gasteiger partial charge in [0.1, 0.15) is 11.0 Å². The lowest BCUT2D eigenvalue weighted by Crippen LogP contribution is -2.47. The van der Waals surface area contributed by atoms with Gasteiger partial charge in [0.15, 0.2) is 0 Å². The first-order valence-corrected chi connectivity index (χ1v) is 13.1. The quantitative estimate of drug-likeness (QED) is 0.262. The van der Waals surface area contributed by atoms with E-state index in [1.165, 1.54) is 11.3 Å². The molecule has 0 saturated carbocycles. The summed E-state index contributed by atoms with van der Waals surface area (Å²) in [7, 11) is 0. The number of carbonyl (C=O) groups excluding carboxylic acids is 2. The highest BCUT2D eigenvalue weighted by Crippen LogP contribution is 2.27. The Morgan fingerprint density at radius 1 is 0.658 bits per heavy atom. The van der Waals surface area contributed by atoms with Crippen LogP contribution in [0.1, 0.15) is 22.6 Å². The molecule has 38 heavy (non-hydrogen) atoms. The van der Waals surface area contributed by atoms with Crippen LogP contribution in [-0.4, -0.2) is 28.1 Å². The van der Waals surface area contributed by atoms with Crippen molar-refractivity contribution in [1.82, 2.24) is 15.5 Å². The molecule has 1 unspecified atom stereocenters. The number of aromatic nitrogens is 2. The van der Waals surface area contributed by atoms with Crippen molar-refractivity contribution >= 4 is 28.3 Å². The van der Waals surface area contributed by atoms with E-state index >= 15 is 0 Å². The van der Waals surface area contributed by atoms with Gasteiger partial charge in [0.2, 0.25) is 16.9 Å². The topological polar surface area (TPSA) is 84.0 Å². The number of hydrogen-bond acceptors (Lipinski definition) is 5. The molecule has 1 heterocycles. The molecular weight excluding hydrogens is 492 g/mol. The predicted molar refractivity (Wildman–Crippen MR) is 151 cm³/mol. The van der Waals surface area contributed by atoms with E-state index in [-0.39, 0.29) is 11.8 Å². The van der Waals surface area contributed by atoms with Crippen LogP contribution in [0.3, 0.4) is 0 Å². The maximum Gasteiger partial charge on any atom is 0.249 e. The molecule has 0 aliphatic heterocycles. The monoisotopic (exact) mass is 518 g/mol. The van der Waals surface area contributed by atoms with Crippen molar-refractivity contribution in [2.45, 2.75) is 18.4 Å². The first kappa shape index (κ1) is 25.0. The highest BCUT2D eigenvalue weighted by atomic mass is 32.1. The smallest absolute Gasteiger partial charge is 0.249 e. The van der Waals surface area contributed by atoms with Gasteiger partial charge in [-0.05, 0) is 16.7 Å².